The zero-order valence-electron chi connectivity index (χ0n) is 20.0. The van der Waals surface area contributed by atoms with E-state index in [2.05, 4.69) is 4.98 Å². The van der Waals surface area contributed by atoms with Gasteiger partial charge in [0.2, 0.25) is 0 Å². The number of carbonyl (C=O) groups excluding carboxylic acids is 1. The van der Waals surface area contributed by atoms with Crippen LogP contribution in [0, 0.1) is 0 Å². The number of allylic oxidation sites excluding steroid dienone is 2. The van der Waals surface area contributed by atoms with Crippen LogP contribution in [0.2, 0.25) is 0 Å². The van der Waals surface area contributed by atoms with Crippen LogP contribution in [-0.2, 0) is 14.2 Å². The summed E-state index contributed by atoms with van der Waals surface area (Å²) in [6.45, 7) is 2.37. The highest BCUT2D eigenvalue weighted by Crippen LogP contribution is 2.32. The van der Waals surface area contributed by atoms with Crippen molar-refractivity contribution in [2.45, 2.75) is 95.7 Å². The topological polar surface area (TPSA) is 101 Å². The molecule has 1 aromatic heterocycles. The summed E-state index contributed by atoms with van der Waals surface area (Å²) < 4.78 is 17.3. The molecule has 186 valence electrons. The van der Waals surface area contributed by atoms with Crippen LogP contribution in [0.25, 0.3) is 10.9 Å². The van der Waals surface area contributed by atoms with E-state index in [1.54, 1.807) is 6.20 Å². The summed E-state index contributed by atoms with van der Waals surface area (Å²) in [7, 11) is 0. The van der Waals surface area contributed by atoms with Gasteiger partial charge in [-0.25, -0.2) is 4.79 Å². The molecule has 0 bridgehead atoms. The third-order valence-electron chi connectivity index (χ3n) is 6.73. The Bertz CT molecular complexity index is 976. The fourth-order valence-electron chi connectivity index (χ4n) is 4.50. The fourth-order valence-corrected chi connectivity index (χ4v) is 4.50. The molecule has 1 aliphatic carbocycles. The normalized spacial score (nSPS) is 24.4. The minimum absolute atomic E-state index is 0.281. The molecule has 1 aromatic carbocycles. The van der Waals surface area contributed by atoms with Crippen LogP contribution in [0.4, 0.5) is 0 Å². The Hall–Kier alpha value is -2.35. The van der Waals surface area contributed by atoms with Crippen molar-refractivity contribution in [1.82, 2.24) is 4.98 Å². The molecule has 0 radical (unpaired) electrons. The van der Waals surface area contributed by atoms with Crippen molar-refractivity contribution in [2.75, 3.05) is 6.61 Å². The van der Waals surface area contributed by atoms with Crippen molar-refractivity contribution in [3.8, 4) is 0 Å². The van der Waals surface area contributed by atoms with Gasteiger partial charge in [0.15, 0.2) is 6.29 Å². The number of H-pyrrole nitrogens is 1. The first-order valence-electron chi connectivity index (χ1n) is 12.6. The number of hydrogen-bond acceptors (Lipinski definition) is 6. The van der Waals surface area contributed by atoms with Crippen LogP contribution in [0.15, 0.2) is 41.8 Å². The maximum absolute atomic E-state index is 12.7. The smallest absolute Gasteiger partial charge is 0.340 e. The van der Waals surface area contributed by atoms with Gasteiger partial charge in [-0.3, -0.25) is 0 Å². The van der Waals surface area contributed by atoms with Gasteiger partial charge in [0.1, 0.15) is 12.2 Å². The SMILES string of the molecule is CC1OC(OCCCCCCCCC(O)=C2CC2)[C@@H](O)CC1OC(=O)c1c[nH]c2ccccc12. The van der Waals surface area contributed by atoms with Crippen LogP contribution < -0.4 is 0 Å². The summed E-state index contributed by atoms with van der Waals surface area (Å²) >= 11 is 0. The first kappa shape index (κ1) is 24.8. The number of aliphatic hydroxyl groups excluding tert-OH is 2. The van der Waals surface area contributed by atoms with Crippen molar-refractivity contribution in [3.63, 3.8) is 0 Å². The van der Waals surface area contributed by atoms with Gasteiger partial charge < -0.3 is 29.4 Å². The van der Waals surface area contributed by atoms with Crippen LogP contribution in [0.3, 0.4) is 0 Å². The molecule has 4 rings (SSSR count). The Kier molecular flexibility index (Phi) is 8.64. The lowest BCUT2D eigenvalue weighted by Crippen LogP contribution is -2.48. The van der Waals surface area contributed by atoms with E-state index in [4.69, 9.17) is 14.2 Å². The number of fused-ring (bicyclic) bond motifs is 1. The molecule has 0 amide bonds. The molecule has 3 N–H and O–H groups in total. The van der Waals surface area contributed by atoms with Crippen LogP contribution in [0.1, 0.15) is 81.5 Å². The number of aliphatic hydroxyl groups is 2. The molecule has 7 heteroatoms. The Balaban J connectivity index is 1.11. The lowest BCUT2D eigenvalue weighted by atomic mass is 10.0. The van der Waals surface area contributed by atoms with E-state index in [0.29, 0.717) is 17.9 Å². The first-order valence-corrected chi connectivity index (χ1v) is 12.6. The van der Waals surface area contributed by atoms with Gasteiger partial charge in [-0.05, 0) is 44.2 Å². The summed E-state index contributed by atoms with van der Waals surface area (Å²) in [5, 5.41) is 21.1. The highest BCUT2D eigenvalue weighted by molar-refractivity contribution is 6.04. The van der Waals surface area contributed by atoms with Crippen molar-refractivity contribution >= 4 is 16.9 Å². The predicted octanol–water partition coefficient (Wildman–Crippen LogP) is 5.54. The Labute approximate surface area is 201 Å². The zero-order valence-corrected chi connectivity index (χ0v) is 20.0. The van der Waals surface area contributed by atoms with Gasteiger partial charge in [0.05, 0.1) is 17.4 Å². The highest BCUT2D eigenvalue weighted by Gasteiger charge is 2.38. The maximum Gasteiger partial charge on any atom is 0.340 e. The second-order valence-electron chi connectivity index (χ2n) is 9.50. The van der Waals surface area contributed by atoms with E-state index in [-0.39, 0.29) is 12.5 Å². The molecular formula is C27H37NO6. The number of aromatic amines is 1. The summed E-state index contributed by atoms with van der Waals surface area (Å²) in [6, 6.07) is 7.57. The van der Waals surface area contributed by atoms with Gasteiger partial charge in [0.25, 0.3) is 0 Å². The maximum atomic E-state index is 12.7. The molecule has 2 fully saturated rings. The van der Waals surface area contributed by atoms with Crippen LogP contribution in [-0.4, -0.2) is 52.4 Å². The molecule has 3 unspecified atom stereocenters. The Morgan fingerprint density at radius 2 is 1.85 bits per heavy atom. The number of unbranched alkanes of at least 4 members (excludes halogenated alkanes) is 5. The molecule has 34 heavy (non-hydrogen) atoms. The fraction of sp³-hybridized carbons (Fsp3) is 0.593. The predicted molar refractivity (Wildman–Crippen MR) is 130 cm³/mol. The quantitative estimate of drug-likeness (QED) is 0.213. The molecular weight excluding hydrogens is 434 g/mol. The van der Waals surface area contributed by atoms with Gasteiger partial charge in [-0.15, -0.1) is 0 Å². The molecule has 4 atom stereocenters. The number of rotatable bonds is 12. The number of ether oxygens (including phenoxy) is 3. The number of benzene rings is 1. The van der Waals surface area contributed by atoms with Crippen LogP contribution in [0.5, 0.6) is 0 Å². The molecule has 2 heterocycles. The summed E-state index contributed by atoms with van der Waals surface area (Å²) in [5.41, 5.74) is 2.60. The standard InChI is InChI=1S/C27H37NO6/c1-18-25(34-26(31)21-17-28-22-11-8-7-10-20(21)22)16-24(30)27(33-18)32-15-9-5-3-2-4-6-12-23(29)19-13-14-19/h7-8,10-11,17-18,24-25,27-30H,2-6,9,12-16H2,1H3/t18?,24-,25?,27?/m0/s1. The molecule has 2 aromatic rings. The second-order valence-corrected chi connectivity index (χ2v) is 9.50. The van der Waals surface area contributed by atoms with Crippen molar-refractivity contribution in [3.05, 3.63) is 47.4 Å². The summed E-state index contributed by atoms with van der Waals surface area (Å²) in [5.74, 6) is 0.201. The van der Waals surface area contributed by atoms with Crippen LogP contribution >= 0.6 is 0 Å². The van der Waals surface area contributed by atoms with Crippen molar-refractivity contribution < 1.29 is 29.2 Å². The number of hydrogen-bond donors (Lipinski definition) is 3. The van der Waals surface area contributed by atoms with Gasteiger partial charge in [0, 0.05) is 36.5 Å². The minimum Gasteiger partial charge on any atom is -0.512 e. The third-order valence-corrected chi connectivity index (χ3v) is 6.73. The zero-order chi connectivity index (χ0) is 23.9. The molecule has 1 saturated carbocycles. The molecule has 1 aliphatic heterocycles. The van der Waals surface area contributed by atoms with Gasteiger partial charge >= 0.3 is 5.97 Å². The summed E-state index contributed by atoms with van der Waals surface area (Å²) in [4.78, 5) is 15.8. The van der Waals surface area contributed by atoms with E-state index in [1.807, 2.05) is 31.2 Å². The monoisotopic (exact) mass is 471 g/mol. The Morgan fingerprint density at radius 1 is 1.12 bits per heavy atom. The van der Waals surface area contributed by atoms with Gasteiger partial charge in [-0.2, -0.15) is 0 Å². The van der Waals surface area contributed by atoms with E-state index < -0.39 is 24.5 Å². The third kappa shape index (κ3) is 6.62. The van der Waals surface area contributed by atoms with E-state index >= 15 is 0 Å². The second kappa shape index (κ2) is 11.9. The first-order chi connectivity index (χ1) is 16.5. The molecule has 1 saturated heterocycles. The number of carbonyl (C=O) groups is 1. The average molecular weight is 472 g/mol. The number of nitrogens with one attached hydrogen (secondary N) is 1. The molecule has 2 aliphatic rings. The summed E-state index contributed by atoms with van der Waals surface area (Å²) in [6.07, 6.45) is 8.94. The van der Waals surface area contributed by atoms with Crippen molar-refractivity contribution in [1.29, 1.82) is 0 Å². The van der Waals surface area contributed by atoms with E-state index in [9.17, 15) is 15.0 Å². The lowest BCUT2D eigenvalue weighted by molar-refractivity contribution is -0.260. The van der Waals surface area contributed by atoms with Crippen molar-refractivity contribution in [2.24, 2.45) is 0 Å². The number of aromatic nitrogens is 1. The number of para-hydroxylation sites is 1. The number of esters is 1. The van der Waals surface area contributed by atoms with E-state index in [0.717, 1.165) is 68.7 Å². The van der Waals surface area contributed by atoms with E-state index in [1.165, 1.54) is 5.57 Å². The van der Waals surface area contributed by atoms with Gasteiger partial charge in [-0.1, -0.05) is 43.9 Å². The largest absolute Gasteiger partial charge is 0.512 e. The molecule has 0 spiro atoms. The highest BCUT2D eigenvalue weighted by atomic mass is 16.7. The lowest BCUT2D eigenvalue weighted by Gasteiger charge is -2.37. The Morgan fingerprint density at radius 3 is 2.65 bits per heavy atom. The minimum atomic E-state index is -0.842. The average Bonchev–Trinajstić information content (AvgIpc) is 3.59. The molecule has 7 nitrogen and oxygen atoms in total.